The molecule has 0 aliphatic rings. The number of nitrogens with one attached hydrogen (secondary N) is 1. The smallest absolute Gasteiger partial charge is 0.144 e. The van der Waals surface area contributed by atoms with E-state index >= 15 is 0 Å². The summed E-state index contributed by atoms with van der Waals surface area (Å²) < 4.78 is 14.1. The van der Waals surface area contributed by atoms with Gasteiger partial charge in [0.25, 0.3) is 0 Å². The quantitative estimate of drug-likeness (QED) is 0.818. The van der Waals surface area contributed by atoms with Gasteiger partial charge >= 0.3 is 0 Å². The van der Waals surface area contributed by atoms with Crippen LogP contribution < -0.4 is 5.32 Å². The summed E-state index contributed by atoms with van der Waals surface area (Å²) in [6, 6.07) is 5.24. The third kappa shape index (κ3) is 5.41. The monoisotopic (exact) mass is 299 g/mol. The highest BCUT2D eigenvalue weighted by Gasteiger charge is 2.27. The second kappa shape index (κ2) is 6.44. The number of rotatable bonds is 4. The van der Waals surface area contributed by atoms with Crippen molar-refractivity contribution in [2.75, 3.05) is 6.54 Å². The van der Waals surface area contributed by atoms with Crippen LogP contribution in [-0.2, 0) is 6.42 Å². The zero-order valence-electron chi connectivity index (χ0n) is 13.5. The molecule has 0 heterocycles. The third-order valence-corrected chi connectivity index (χ3v) is 3.89. The molecule has 1 atom stereocenters. The highest BCUT2D eigenvalue weighted by molar-refractivity contribution is 6.30. The van der Waals surface area contributed by atoms with E-state index in [1.165, 1.54) is 0 Å². The average molecular weight is 300 g/mol. The van der Waals surface area contributed by atoms with Crippen molar-refractivity contribution in [3.05, 3.63) is 34.6 Å². The summed E-state index contributed by atoms with van der Waals surface area (Å²) in [5.74, 6) is 0.0638. The second-order valence-corrected chi connectivity index (χ2v) is 8.02. The van der Waals surface area contributed by atoms with Crippen molar-refractivity contribution in [3.63, 3.8) is 0 Å². The maximum absolute atomic E-state index is 14.1. The minimum absolute atomic E-state index is 0.0659. The molecule has 0 radical (unpaired) electrons. The molecule has 0 aliphatic heterocycles. The van der Waals surface area contributed by atoms with Crippen LogP contribution in [0.2, 0.25) is 5.02 Å². The molecule has 0 saturated carbocycles. The van der Waals surface area contributed by atoms with E-state index in [1.807, 2.05) is 12.1 Å². The molecule has 20 heavy (non-hydrogen) atoms. The van der Waals surface area contributed by atoms with Gasteiger partial charge < -0.3 is 5.32 Å². The lowest BCUT2D eigenvalue weighted by Crippen LogP contribution is -2.42. The lowest BCUT2D eigenvalue weighted by molar-refractivity contribution is 0.212. The van der Waals surface area contributed by atoms with Gasteiger partial charge in [-0.25, -0.2) is 4.39 Å². The Bertz CT molecular complexity index is 443. The van der Waals surface area contributed by atoms with Gasteiger partial charge in [-0.15, -0.1) is 0 Å². The second-order valence-electron chi connectivity index (χ2n) is 7.61. The van der Waals surface area contributed by atoms with E-state index in [0.717, 1.165) is 6.54 Å². The van der Waals surface area contributed by atoms with E-state index in [1.54, 1.807) is 6.07 Å². The largest absolute Gasteiger partial charge is 0.312 e. The minimum atomic E-state index is -0.279. The average Bonchev–Trinajstić information content (AvgIpc) is 2.26. The SMILES string of the molecule is CC(C)(C)NCC(Cc1cccc(Cl)c1F)C(C)(C)C. The lowest BCUT2D eigenvalue weighted by atomic mass is 9.77. The molecule has 1 rings (SSSR count). The summed E-state index contributed by atoms with van der Waals surface area (Å²) in [5, 5.41) is 3.73. The Hall–Kier alpha value is -0.600. The number of benzene rings is 1. The van der Waals surface area contributed by atoms with E-state index in [9.17, 15) is 4.39 Å². The van der Waals surface area contributed by atoms with Gasteiger partial charge in [0.2, 0.25) is 0 Å². The Morgan fingerprint density at radius 2 is 1.75 bits per heavy atom. The van der Waals surface area contributed by atoms with Gasteiger partial charge in [-0.05, 0) is 56.7 Å². The van der Waals surface area contributed by atoms with Crippen LogP contribution in [0.5, 0.6) is 0 Å². The Morgan fingerprint density at radius 1 is 1.15 bits per heavy atom. The van der Waals surface area contributed by atoms with Gasteiger partial charge in [-0.3, -0.25) is 0 Å². The van der Waals surface area contributed by atoms with Crippen molar-refractivity contribution in [2.24, 2.45) is 11.3 Å². The van der Waals surface area contributed by atoms with Crippen molar-refractivity contribution < 1.29 is 4.39 Å². The molecule has 1 aromatic carbocycles. The number of halogens is 2. The Kier molecular flexibility index (Phi) is 5.62. The highest BCUT2D eigenvalue weighted by atomic mass is 35.5. The van der Waals surface area contributed by atoms with Crippen LogP contribution in [0.15, 0.2) is 18.2 Å². The molecule has 1 unspecified atom stereocenters. The molecule has 0 saturated heterocycles. The molecule has 1 aromatic rings. The molecule has 3 heteroatoms. The molecule has 0 spiro atoms. The molecule has 0 amide bonds. The molecule has 114 valence electrons. The molecular formula is C17H27ClFN. The van der Waals surface area contributed by atoms with Crippen molar-refractivity contribution in [2.45, 2.75) is 53.5 Å². The number of hydrogen-bond acceptors (Lipinski definition) is 1. The van der Waals surface area contributed by atoms with Crippen LogP contribution in [0.3, 0.4) is 0 Å². The van der Waals surface area contributed by atoms with Crippen LogP contribution >= 0.6 is 11.6 Å². The first-order chi connectivity index (χ1) is 9.00. The summed E-state index contributed by atoms with van der Waals surface area (Å²) in [6.07, 6.45) is 0.693. The van der Waals surface area contributed by atoms with Crippen molar-refractivity contribution in [1.82, 2.24) is 5.32 Å². The fourth-order valence-electron chi connectivity index (χ4n) is 2.09. The van der Waals surface area contributed by atoms with Gasteiger partial charge in [-0.1, -0.05) is 44.5 Å². The fourth-order valence-corrected chi connectivity index (χ4v) is 2.28. The van der Waals surface area contributed by atoms with Crippen molar-refractivity contribution in [1.29, 1.82) is 0 Å². The fraction of sp³-hybridized carbons (Fsp3) is 0.647. The molecule has 1 nitrogen and oxygen atoms in total. The normalized spacial score (nSPS) is 14.4. The Morgan fingerprint density at radius 3 is 2.25 bits per heavy atom. The zero-order valence-corrected chi connectivity index (χ0v) is 14.2. The van der Waals surface area contributed by atoms with E-state index in [-0.39, 0.29) is 21.8 Å². The van der Waals surface area contributed by atoms with Gasteiger partial charge in [0.05, 0.1) is 5.02 Å². The predicted molar refractivity (Wildman–Crippen MR) is 85.8 cm³/mol. The summed E-state index contributed by atoms with van der Waals surface area (Å²) in [6.45, 7) is 13.9. The molecule has 0 aromatic heterocycles. The van der Waals surface area contributed by atoms with Gasteiger partial charge in [0, 0.05) is 5.54 Å². The number of hydrogen-bond donors (Lipinski definition) is 1. The standard InChI is InChI=1S/C17H27ClFN/c1-16(2,3)13(11-20-17(4,5)6)10-12-8-7-9-14(18)15(12)19/h7-9,13,20H,10-11H2,1-6H3. The first-order valence-electron chi connectivity index (χ1n) is 7.18. The van der Waals surface area contributed by atoms with Gasteiger partial charge in [0.1, 0.15) is 5.82 Å². The maximum Gasteiger partial charge on any atom is 0.144 e. The molecule has 0 bridgehead atoms. The minimum Gasteiger partial charge on any atom is -0.312 e. The van der Waals surface area contributed by atoms with Crippen molar-refractivity contribution in [3.8, 4) is 0 Å². The van der Waals surface area contributed by atoms with E-state index in [0.29, 0.717) is 17.9 Å². The summed E-state index contributed by atoms with van der Waals surface area (Å²) in [7, 11) is 0. The molecule has 0 fully saturated rings. The predicted octanol–water partition coefficient (Wildman–Crippen LogP) is 5.07. The van der Waals surface area contributed by atoms with E-state index < -0.39 is 0 Å². The highest BCUT2D eigenvalue weighted by Crippen LogP contribution is 2.31. The van der Waals surface area contributed by atoms with Crippen LogP contribution in [0.4, 0.5) is 4.39 Å². The Balaban J connectivity index is 2.88. The maximum atomic E-state index is 14.1. The molecular weight excluding hydrogens is 273 g/mol. The topological polar surface area (TPSA) is 12.0 Å². The lowest BCUT2D eigenvalue weighted by Gasteiger charge is -2.34. The van der Waals surface area contributed by atoms with Crippen molar-refractivity contribution >= 4 is 11.6 Å². The van der Waals surface area contributed by atoms with E-state index in [4.69, 9.17) is 11.6 Å². The summed E-state index contributed by atoms with van der Waals surface area (Å²) in [4.78, 5) is 0. The molecule has 1 N–H and O–H groups in total. The molecule has 0 aliphatic carbocycles. The first kappa shape index (κ1) is 17.5. The Labute approximate surface area is 127 Å². The van der Waals surface area contributed by atoms with Crippen LogP contribution in [0.1, 0.15) is 47.1 Å². The first-order valence-corrected chi connectivity index (χ1v) is 7.56. The van der Waals surface area contributed by atoms with Crippen LogP contribution in [0.25, 0.3) is 0 Å². The van der Waals surface area contributed by atoms with Crippen LogP contribution in [-0.4, -0.2) is 12.1 Å². The zero-order chi connectivity index (χ0) is 15.6. The van der Waals surface area contributed by atoms with Gasteiger partial charge in [-0.2, -0.15) is 0 Å². The van der Waals surface area contributed by atoms with Gasteiger partial charge in [0.15, 0.2) is 0 Å². The summed E-state index contributed by atoms with van der Waals surface area (Å²) >= 11 is 5.87. The summed E-state index contributed by atoms with van der Waals surface area (Å²) in [5.41, 5.74) is 0.872. The van der Waals surface area contributed by atoms with E-state index in [2.05, 4.69) is 46.9 Å². The third-order valence-electron chi connectivity index (χ3n) is 3.60. The van der Waals surface area contributed by atoms with Crippen LogP contribution in [0, 0.1) is 17.2 Å².